The molecule has 0 aliphatic heterocycles. The predicted molar refractivity (Wildman–Crippen MR) is 105 cm³/mol. The molecule has 1 heterocycles. The molecule has 0 amide bonds. The number of fused-ring (bicyclic) bond motifs is 3. The van der Waals surface area contributed by atoms with E-state index in [0.29, 0.717) is 16.9 Å². The first-order valence-electron chi connectivity index (χ1n) is 9.48. The summed E-state index contributed by atoms with van der Waals surface area (Å²) in [5.41, 5.74) is 2.82. The zero-order valence-electron chi connectivity index (χ0n) is 15.4. The molecule has 0 radical (unpaired) electrons. The molecule has 4 heteroatoms. The molecule has 1 aliphatic rings. The van der Waals surface area contributed by atoms with Crippen molar-refractivity contribution in [2.45, 2.75) is 45.1 Å². The number of aryl methyl sites for hydroxylation is 1. The number of carbonyl (C=O) groups excluding carboxylic acids is 1. The van der Waals surface area contributed by atoms with Gasteiger partial charge in [-0.25, -0.2) is 4.79 Å². The van der Waals surface area contributed by atoms with E-state index < -0.39 is 6.10 Å². The minimum absolute atomic E-state index is 0.0842. The Balaban J connectivity index is 1.64. The minimum Gasteiger partial charge on any atom is -0.482 e. The molecule has 0 saturated carbocycles. The second kappa shape index (κ2) is 7.39. The van der Waals surface area contributed by atoms with Crippen molar-refractivity contribution in [1.29, 1.82) is 0 Å². The predicted octanol–water partition coefficient (Wildman–Crippen LogP) is 4.71. The molecule has 0 saturated heterocycles. The normalized spacial score (nSPS) is 15.0. The number of hydrogen-bond acceptors (Lipinski definition) is 4. The van der Waals surface area contributed by atoms with Crippen LogP contribution in [0.4, 0.5) is 0 Å². The zero-order valence-corrected chi connectivity index (χ0v) is 15.4. The van der Waals surface area contributed by atoms with Crippen LogP contribution >= 0.6 is 0 Å². The molecule has 1 aliphatic carbocycles. The van der Waals surface area contributed by atoms with Crippen molar-refractivity contribution >= 4 is 16.8 Å². The van der Waals surface area contributed by atoms with Crippen LogP contribution in [0.5, 0.6) is 5.75 Å². The Kier molecular flexibility index (Phi) is 4.80. The van der Waals surface area contributed by atoms with E-state index >= 15 is 0 Å². The monoisotopic (exact) mass is 362 g/mol. The molecule has 4 rings (SSSR count). The highest BCUT2D eigenvalue weighted by molar-refractivity contribution is 5.99. The van der Waals surface area contributed by atoms with Crippen molar-refractivity contribution in [2.24, 2.45) is 0 Å². The topological polar surface area (TPSA) is 56.5 Å². The Morgan fingerprint density at radius 1 is 1.00 bits per heavy atom. The van der Waals surface area contributed by atoms with Crippen molar-refractivity contribution in [1.82, 2.24) is 0 Å². The van der Waals surface area contributed by atoms with E-state index in [1.54, 1.807) is 25.1 Å². The van der Waals surface area contributed by atoms with Gasteiger partial charge in [0.1, 0.15) is 11.3 Å². The maximum absolute atomic E-state index is 12.5. The van der Waals surface area contributed by atoms with Crippen molar-refractivity contribution in [3.63, 3.8) is 0 Å². The highest BCUT2D eigenvalue weighted by Gasteiger charge is 2.19. The second-order valence-electron chi connectivity index (χ2n) is 7.06. The molecule has 0 unspecified atom stereocenters. The van der Waals surface area contributed by atoms with Gasteiger partial charge in [-0.1, -0.05) is 36.8 Å². The zero-order chi connectivity index (χ0) is 18.8. The third-order valence-electron chi connectivity index (χ3n) is 5.19. The summed E-state index contributed by atoms with van der Waals surface area (Å²) in [6, 6.07) is 14.6. The van der Waals surface area contributed by atoms with Gasteiger partial charge in [-0.2, -0.15) is 0 Å². The molecule has 1 aromatic heterocycles. The van der Waals surface area contributed by atoms with Gasteiger partial charge in [-0.3, -0.25) is 4.79 Å². The molecule has 1 atom stereocenters. The number of rotatable bonds is 4. The fraction of sp³-hybridized carbons (Fsp3) is 0.304. The van der Waals surface area contributed by atoms with Gasteiger partial charge in [0.15, 0.2) is 6.10 Å². The maximum Gasteiger partial charge on any atom is 0.339 e. The van der Waals surface area contributed by atoms with Crippen molar-refractivity contribution < 1.29 is 13.9 Å². The SMILES string of the molecule is C[C@H](Oc1ccc2c3c(c(=O)oc2c1)CCCCC3)C(=O)c1ccccc1. The molecular formula is C23H22O4. The summed E-state index contributed by atoms with van der Waals surface area (Å²) in [6.45, 7) is 1.73. The Bertz CT molecular complexity index is 1030. The van der Waals surface area contributed by atoms with Crippen LogP contribution in [0.25, 0.3) is 11.0 Å². The third kappa shape index (κ3) is 3.52. The highest BCUT2D eigenvalue weighted by Crippen LogP contribution is 2.29. The summed E-state index contributed by atoms with van der Waals surface area (Å²) in [5.74, 6) is 0.440. The van der Waals surface area contributed by atoms with Gasteiger partial charge in [0.25, 0.3) is 0 Å². The van der Waals surface area contributed by atoms with Crippen LogP contribution in [0.15, 0.2) is 57.7 Å². The second-order valence-corrected chi connectivity index (χ2v) is 7.06. The summed E-state index contributed by atoms with van der Waals surface area (Å²) >= 11 is 0. The molecule has 0 fully saturated rings. The summed E-state index contributed by atoms with van der Waals surface area (Å²) in [5, 5.41) is 0.973. The molecule has 4 nitrogen and oxygen atoms in total. The summed E-state index contributed by atoms with van der Waals surface area (Å²) in [6.07, 6.45) is 4.32. The van der Waals surface area contributed by atoms with E-state index in [2.05, 4.69) is 0 Å². The number of ether oxygens (including phenoxy) is 1. The van der Waals surface area contributed by atoms with E-state index in [0.717, 1.165) is 48.6 Å². The Hall–Kier alpha value is -2.88. The lowest BCUT2D eigenvalue weighted by Crippen LogP contribution is -2.23. The number of benzene rings is 2. The highest BCUT2D eigenvalue weighted by atomic mass is 16.5. The van der Waals surface area contributed by atoms with E-state index in [1.807, 2.05) is 30.3 Å². The molecular weight excluding hydrogens is 340 g/mol. The first-order valence-corrected chi connectivity index (χ1v) is 9.48. The number of hydrogen-bond donors (Lipinski definition) is 0. The molecule has 0 N–H and O–H groups in total. The standard InChI is InChI=1S/C23H22O4/c1-15(22(24)16-8-4-2-5-9-16)26-17-12-13-19-18-10-6-3-7-11-20(18)23(25)27-21(19)14-17/h2,4-5,8-9,12-15H,3,6-7,10-11H2,1H3/t15-/m0/s1. The average Bonchev–Trinajstić information content (AvgIpc) is 2.95. The first-order chi connectivity index (χ1) is 13.1. The summed E-state index contributed by atoms with van der Waals surface area (Å²) < 4.78 is 11.4. The molecule has 27 heavy (non-hydrogen) atoms. The molecule has 0 spiro atoms. The fourth-order valence-corrected chi connectivity index (χ4v) is 3.77. The molecule has 2 aromatic carbocycles. The first kappa shape index (κ1) is 17.5. The largest absolute Gasteiger partial charge is 0.482 e. The lowest BCUT2D eigenvalue weighted by Gasteiger charge is -2.15. The van der Waals surface area contributed by atoms with Crippen molar-refractivity contribution in [3.05, 3.63) is 75.6 Å². The van der Waals surface area contributed by atoms with Gasteiger partial charge >= 0.3 is 5.63 Å². The van der Waals surface area contributed by atoms with Gasteiger partial charge in [-0.05, 0) is 50.3 Å². The van der Waals surface area contributed by atoms with Crippen LogP contribution in [0.3, 0.4) is 0 Å². The summed E-state index contributed by atoms with van der Waals surface area (Å²) in [4.78, 5) is 24.9. The lowest BCUT2D eigenvalue weighted by atomic mass is 10.0. The number of ketones is 1. The van der Waals surface area contributed by atoms with Crippen LogP contribution in [0.2, 0.25) is 0 Å². The molecule has 0 bridgehead atoms. The smallest absolute Gasteiger partial charge is 0.339 e. The van der Waals surface area contributed by atoms with E-state index in [1.165, 1.54) is 0 Å². The van der Waals surface area contributed by atoms with Gasteiger partial charge < -0.3 is 9.15 Å². The fourth-order valence-electron chi connectivity index (χ4n) is 3.77. The van der Waals surface area contributed by atoms with Crippen molar-refractivity contribution in [2.75, 3.05) is 0 Å². The number of carbonyl (C=O) groups is 1. The van der Waals surface area contributed by atoms with E-state index in [4.69, 9.17) is 9.15 Å². The van der Waals surface area contributed by atoms with Crippen LogP contribution in [0.1, 0.15) is 47.7 Å². The van der Waals surface area contributed by atoms with E-state index in [9.17, 15) is 9.59 Å². The minimum atomic E-state index is -0.627. The average molecular weight is 362 g/mol. The quantitative estimate of drug-likeness (QED) is 0.383. The van der Waals surface area contributed by atoms with Crippen LogP contribution in [-0.4, -0.2) is 11.9 Å². The third-order valence-corrected chi connectivity index (χ3v) is 5.19. The molecule has 3 aromatic rings. The van der Waals surface area contributed by atoms with Crippen molar-refractivity contribution in [3.8, 4) is 5.75 Å². The lowest BCUT2D eigenvalue weighted by molar-refractivity contribution is 0.0818. The van der Waals surface area contributed by atoms with Gasteiger partial charge in [-0.15, -0.1) is 0 Å². The van der Waals surface area contributed by atoms with Gasteiger partial charge in [0.2, 0.25) is 5.78 Å². The van der Waals surface area contributed by atoms with Crippen LogP contribution in [-0.2, 0) is 12.8 Å². The van der Waals surface area contributed by atoms with Gasteiger partial charge in [0.05, 0.1) is 0 Å². The Morgan fingerprint density at radius 3 is 2.52 bits per heavy atom. The Labute approximate surface area is 157 Å². The molecule has 138 valence electrons. The number of Topliss-reactive ketones (excluding diaryl/α,β-unsaturated/α-hetero) is 1. The summed E-state index contributed by atoms with van der Waals surface area (Å²) in [7, 11) is 0. The Morgan fingerprint density at radius 2 is 1.74 bits per heavy atom. The van der Waals surface area contributed by atoms with E-state index in [-0.39, 0.29) is 11.4 Å². The maximum atomic E-state index is 12.5. The van der Waals surface area contributed by atoms with Crippen LogP contribution in [0, 0.1) is 0 Å². The van der Waals surface area contributed by atoms with Crippen LogP contribution < -0.4 is 10.4 Å². The van der Waals surface area contributed by atoms with Gasteiger partial charge in [0, 0.05) is 22.6 Å².